The van der Waals surface area contributed by atoms with E-state index in [4.69, 9.17) is 26.3 Å². The number of halogens is 1. The topological polar surface area (TPSA) is 127 Å². The van der Waals surface area contributed by atoms with E-state index in [2.05, 4.69) is 31.8 Å². The molecule has 4 rings (SSSR count). The number of methoxy groups -OCH3 is 1. The minimum atomic E-state index is -0.520. The lowest BCUT2D eigenvalue weighted by Gasteiger charge is -2.22. The number of carbonyl (C=O) groups excluding carboxylic acids is 1. The molecule has 1 aliphatic heterocycles. The summed E-state index contributed by atoms with van der Waals surface area (Å²) in [7, 11) is 1.53. The molecule has 0 saturated carbocycles. The summed E-state index contributed by atoms with van der Waals surface area (Å²) < 4.78 is 12.8. The van der Waals surface area contributed by atoms with E-state index in [0.717, 1.165) is 6.54 Å². The van der Waals surface area contributed by atoms with Crippen LogP contribution in [0.4, 0.5) is 11.6 Å². The fraction of sp³-hybridized carbons (Fsp3) is 0.375. The lowest BCUT2D eigenvalue weighted by atomic mass is 10.0. The number of ketones is 1. The van der Waals surface area contributed by atoms with Gasteiger partial charge in [-0.2, -0.15) is 10.4 Å². The van der Waals surface area contributed by atoms with Crippen molar-refractivity contribution in [2.24, 2.45) is 0 Å². The number of hydrogen-bond acceptors (Lipinski definition) is 9. The van der Waals surface area contributed by atoms with Crippen LogP contribution in [0, 0.1) is 11.3 Å². The molecule has 0 aliphatic carbocycles. The molecule has 2 N–H and O–H groups in total. The zero-order valence-corrected chi connectivity index (χ0v) is 20.5. The number of benzene rings is 1. The van der Waals surface area contributed by atoms with Crippen LogP contribution < -0.4 is 15.4 Å². The Hall–Kier alpha value is -3.52. The van der Waals surface area contributed by atoms with E-state index >= 15 is 0 Å². The molecule has 1 atom stereocenters. The summed E-state index contributed by atoms with van der Waals surface area (Å²) in [6, 6.07) is 7.30. The summed E-state index contributed by atoms with van der Waals surface area (Å²) in [5, 5.41) is 20.1. The molecule has 1 unspecified atom stereocenters. The van der Waals surface area contributed by atoms with Gasteiger partial charge in [0.15, 0.2) is 5.78 Å². The van der Waals surface area contributed by atoms with Gasteiger partial charge >= 0.3 is 0 Å². The highest BCUT2D eigenvalue weighted by molar-refractivity contribution is 6.32. The van der Waals surface area contributed by atoms with Gasteiger partial charge in [-0.1, -0.05) is 11.6 Å². The molecule has 2 aromatic heterocycles. The van der Waals surface area contributed by atoms with Crippen LogP contribution in [-0.2, 0) is 10.3 Å². The van der Waals surface area contributed by atoms with Crippen molar-refractivity contribution in [1.29, 1.82) is 5.26 Å². The number of nitrogens with zero attached hydrogens (tertiary/aromatic N) is 5. The van der Waals surface area contributed by atoms with Crippen LogP contribution in [0.15, 0.2) is 36.8 Å². The molecule has 0 radical (unpaired) electrons. The highest BCUT2D eigenvalue weighted by atomic mass is 35.5. The minimum Gasteiger partial charge on any atom is -0.495 e. The molecular formula is C24H26ClN7O3. The van der Waals surface area contributed by atoms with Gasteiger partial charge in [0.1, 0.15) is 11.9 Å². The lowest BCUT2D eigenvalue weighted by molar-refractivity contribution is 0.0269. The smallest absolute Gasteiger partial charge is 0.227 e. The van der Waals surface area contributed by atoms with Gasteiger partial charge in [0.05, 0.1) is 60.5 Å². The van der Waals surface area contributed by atoms with Gasteiger partial charge in [0.2, 0.25) is 5.95 Å². The van der Waals surface area contributed by atoms with Crippen LogP contribution in [0.2, 0.25) is 5.02 Å². The first-order valence-corrected chi connectivity index (χ1v) is 11.5. The second-order valence-electron chi connectivity index (χ2n) is 8.68. The van der Waals surface area contributed by atoms with Crippen molar-refractivity contribution in [3.8, 4) is 23.1 Å². The average molecular weight is 496 g/mol. The van der Waals surface area contributed by atoms with Gasteiger partial charge in [0, 0.05) is 30.4 Å². The van der Waals surface area contributed by atoms with Crippen molar-refractivity contribution < 1.29 is 14.3 Å². The van der Waals surface area contributed by atoms with Gasteiger partial charge in [-0.05, 0) is 32.0 Å². The number of anilines is 2. The monoisotopic (exact) mass is 495 g/mol. The largest absolute Gasteiger partial charge is 0.495 e. The predicted octanol–water partition coefficient (Wildman–Crippen LogP) is 3.57. The van der Waals surface area contributed by atoms with Crippen LogP contribution in [0.3, 0.4) is 0 Å². The minimum absolute atomic E-state index is 0.108. The van der Waals surface area contributed by atoms with Crippen molar-refractivity contribution in [3.63, 3.8) is 0 Å². The second-order valence-corrected chi connectivity index (χ2v) is 9.09. The number of nitrogens with one attached hydrogen (secondary N) is 2. The molecular weight excluding hydrogens is 470 g/mol. The fourth-order valence-corrected chi connectivity index (χ4v) is 3.87. The van der Waals surface area contributed by atoms with E-state index in [0.29, 0.717) is 58.8 Å². The third-order valence-corrected chi connectivity index (χ3v) is 5.96. The fourth-order valence-electron chi connectivity index (χ4n) is 3.67. The number of rotatable bonds is 8. The number of aromatic nitrogens is 4. The number of nitriles is 1. The summed E-state index contributed by atoms with van der Waals surface area (Å²) in [6.07, 6.45) is 4.74. The quantitative estimate of drug-likeness (QED) is 0.451. The SMILES string of the molecule is COc1cc(C(=O)C2CNCCO2)ccc1Nc1ncc(Cl)c(-c2cnn(C(C)(C)CC#N)c2)n1. The molecule has 182 valence electrons. The summed E-state index contributed by atoms with van der Waals surface area (Å²) in [5.74, 6) is 0.653. The molecule has 0 spiro atoms. The van der Waals surface area contributed by atoms with Crippen LogP contribution in [-0.4, -0.2) is 58.4 Å². The Morgan fingerprint density at radius 1 is 1.43 bits per heavy atom. The first kappa shape index (κ1) is 24.6. The normalized spacial score (nSPS) is 15.9. The predicted molar refractivity (Wildman–Crippen MR) is 131 cm³/mol. The van der Waals surface area contributed by atoms with Crippen molar-refractivity contribution in [1.82, 2.24) is 25.1 Å². The van der Waals surface area contributed by atoms with E-state index in [1.165, 1.54) is 13.3 Å². The third kappa shape index (κ3) is 5.43. The van der Waals surface area contributed by atoms with Gasteiger partial charge < -0.3 is 20.1 Å². The maximum Gasteiger partial charge on any atom is 0.227 e. The Kier molecular flexibility index (Phi) is 7.31. The Bertz CT molecular complexity index is 1260. The van der Waals surface area contributed by atoms with E-state index in [1.807, 2.05) is 13.8 Å². The lowest BCUT2D eigenvalue weighted by Crippen LogP contribution is -2.43. The van der Waals surface area contributed by atoms with E-state index in [9.17, 15) is 4.79 Å². The molecule has 0 bridgehead atoms. The van der Waals surface area contributed by atoms with Crippen LogP contribution in [0.5, 0.6) is 5.75 Å². The highest BCUT2D eigenvalue weighted by Crippen LogP contribution is 2.32. The van der Waals surface area contributed by atoms with Crippen LogP contribution in [0.25, 0.3) is 11.3 Å². The standard InChI is InChI=1S/C24H26ClN7O3/c1-24(2,6-7-26)32-14-16(11-29-32)21-17(25)12-28-23(31-21)30-18-5-4-15(10-19(18)34-3)22(33)20-13-27-8-9-35-20/h4-5,10-12,14,20,27H,6,8-9,13H2,1-3H3,(H,28,30,31). The number of ether oxygens (including phenoxy) is 2. The summed E-state index contributed by atoms with van der Waals surface area (Å²) in [6.45, 7) is 5.57. The zero-order valence-electron chi connectivity index (χ0n) is 19.7. The molecule has 1 saturated heterocycles. The average Bonchev–Trinajstić information content (AvgIpc) is 3.37. The number of morpholine rings is 1. The maximum absolute atomic E-state index is 12.8. The van der Waals surface area contributed by atoms with Crippen LogP contribution in [0.1, 0.15) is 30.6 Å². The Morgan fingerprint density at radius 3 is 2.97 bits per heavy atom. The molecule has 1 aromatic carbocycles. The van der Waals surface area contributed by atoms with Gasteiger partial charge in [-0.25, -0.2) is 9.97 Å². The first-order chi connectivity index (χ1) is 16.8. The highest BCUT2D eigenvalue weighted by Gasteiger charge is 2.25. The molecule has 3 aromatic rings. The zero-order chi connectivity index (χ0) is 25.0. The second kappa shape index (κ2) is 10.4. The van der Waals surface area contributed by atoms with Crippen molar-refractivity contribution >= 4 is 29.0 Å². The van der Waals surface area contributed by atoms with Crippen molar-refractivity contribution in [2.75, 3.05) is 32.1 Å². The Labute approximate surface area is 208 Å². The number of carbonyl (C=O) groups is 1. The molecule has 0 amide bonds. The molecule has 1 fully saturated rings. The molecule has 11 heteroatoms. The van der Waals surface area contributed by atoms with Crippen molar-refractivity contribution in [3.05, 3.63) is 47.4 Å². The third-order valence-electron chi connectivity index (χ3n) is 5.68. The summed E-state index contributed by atoms with van der Waals surface area (Å²) in [5.41, 5.74) is 1.80. The van der Waals surface area contributed by atoms with E-state index < -0.39 is 11.6 Å². The first-order valence-electron chi connectivity index (χ1n) is 11.1. The summed E-state index contributed by atoms with van der Waals surface area (Å²) in [4.78, 5) is 21.6. The molecule has 10 nitrogen and oxygen atoms in total. The maximum atomic E-state index is 12.8. The van der Waals surface area contributed by atoms with Crippen molar-refractivity contribution in [2.45, 2.75) is 31.9 Å². The Balaban J connectivity index is 1.57. The van der Waals surface area contributed by atoms with Gasteiger partial charge in [0.25, 0.3) is 0 Å². The van der Waals surface area contributed by atoms with Gasteiger partial charge in [-0.15, -0.1) is 0 Å². The van der Waals surface area contributed by atoms with Gasteiger partial charge in [-0.3, -0.25) is 9.48 Å². The summed E-state index contributed by atoms with van der Waals surface area (Å²) >= 11 is 6.39. The van der Waals surface area contributed by atoms with E-state index in [1.54, 1.807) is 35.3 Å². The van der Waals surface area contributed by atoms with Crippen LogP contribution >= 0.6 is 11.6 Å². The van der Waals surface area contributed by atoms with E-state index in [-0.39, 0.29) is 5.78 Å². The molecule has 3 heterocycles. The number of Topliss-reactive ketones (excluding diaryl/α,β-unsaturated/α-hetero) is 1. The molecule has 35 heavy (non-hydrogen) atoms. The number of hydrogen-bond donors (Lipinski definition) is 2. The molecule has 1 aliphatic rings. The Morgan fingerprint density at radius 2 is 2.26 bits per heavy atom.